The molecule has 220 valence electrons. The van der Waals surface area contributed by atoms with E-state index in [9.17, 15) is 14.3 Å². The predicted molar refractivity (Wildman–Crippen MR) is 155 cm³/mol. The Morgan fingerprint density at radius 3 is 2.76 bits per heavy atom. The summed E-state index contributed by atoms with van der Waals surface area (Å²) in [5.41, 5.74) is 2.49. The molecular weight excluding hydrogens is 563 g/mol. The minimum Gasteiger partial charge on any atom is -0.484 e. The van der Waals surface area contributed by atoms with Gasteiger partial charge in [0.15, 0.2) is 11.6 Å². The van der Waals surface area contributed by atoms with Crippen LogP contribution in [0.2, 0.25) is 5.02 Å². The average molecular weight is 595 g/mol. The van der Waals surface area contributed by atoms with Crippen LogP contribution in [0.3, 0.4) is 0 Å². The van der Waals surface area contributed by atoms with Crippen molar-refractivity contribution in [3.05, 3.63) is 82.5 Å². The first-order valence-electron chi connectivity index (χ1n) is 14.1. The quantitative estimate of drug-likeness (QED) is 0.249. The van der Waals surface area contributed by atoms with Gasteiger partial charge in [-0.3, -0.25) is 4.90 Å². The summed E-state index contributed by atoms with van der Waals surface area (Å²) in [5, 5.41) is 9.82. The van der Waals surface area contributed by atoms with Crippen LogP contribution in [0.4, 0.5) is 4.39 Å². The monoisotopic (exact) mass is 594 g/mol. The number of imidazole rings is 1. The van der Waals surface area contributed by atoms with Gasteiger partial charge in [0.25, 0.3) is 0 Å². The van der Waals surface area contributed by atoms with Crippen molar-refractivity contribution >= 4 is 28.6 Å². The van der Waals surface area contributed by atoms with Crippen molar-refractivity contribution in [3.8, 4) is 11.6 Å². The first-order valence-corrected chi connectivity index (χ1v) is 14.5. The number of likely N-dealkylation sites (tertiary alicyclic amines) is 1. The Balaban J connectivity index is 1.09. The molecule has 6 rings (SSSR count). The van der Waals surface area contributed by atoms with Gasteiger partial charge in [0.2, 0.25) is 5.88 Å². The normalized spacial score (nSPS) is 20.8. The Kier molecular flexibility index (Phi) is 8.28. The zero-order valence-corrected chi connectivity index (χ0v) is 24.0. The van der Waals surface area contributed by atoms with Gasteiger partial charge in [-0.15, -0.1) is 0 Å². The molecule has 2 aliphatic rings. The summed E-state index contributed by atoms with van der Waals surface area (Å²) in [4.78, 5) is 23.4. The van der Waals surface area contributed by atoms with E-state index < -0.39 is 11.8 Å². The zero-order valence-electron chi connectivity index (χ0n) is 23.2. The molecule has 42 heavy (non-hydrogen) atoms. The number of piperidine rings is 1. The third kappa shape index (κ3) is 6.35. The molecule has 0 saturated carbocycles. The molecule has 2 aromatic carbocycles. The lowest BCUT2D eigenvalue weighted by Gasteiger charge is -2.37. The highest BCUT2D eigenvalue weighted by Gasteiger charge is 2.29. The van der Waals surface area contributed by atoms with E-state index in [0.29, 0.717) is 29.7 Å². The summed E-state index contributed by atoms with van der Waals surface area (Å²) in [7, 11) is 0. The summed E-state index contributed by atoms with van der Waals surface area (Å²) in [6, 6.07) is 15.1. The van der Waals surface area contributed by atoms with Gasteiger partial charge in [-0.05, 0) is 68.7 Å². The van der Waals surface area contributed by atoms with E-state index in [1.54, 1.807) is 24.3 Å². The Labute approximate surface area is 247 Å². The van der Waals surface area contributed by atoms with Crippen molar-refractivity contribution < 1.29 is 28.5 Å². The van der Waals surface area contributed by atoms with Gasteiger partial charge in [-0.2, -0.15) is 0 Å². The summed E-state index contributed by atoms with van der Waals surface area (Å²) in [5.74, 6) is 0.0535. The molecule has 0 radical (unpaired) electrons. The van der Waals surface area contributed by atoms with Crippen molar-refractivity contribution in [1.82, 2.24) is 19.4 Å². The average Bonchev–Trinajstić information content (AvgIpc) is 3.28. The number of aromatic carboxylic acids is 1. The van der Waals surface area contributed by atoms with Crippen LogP contribution in [0.5, 0.6) is 11.6 Å². The van der Waals surface area contributed by atoms with Crippen LogP contribution in [0, 0.1) is 5.82 Å². The van der Waals surface area contributed by atoms with Crippen molar-refractivity contribution in [2.75, 3.05) is 13.2 Å². The summed E-state index contributed by atoms with van der Waals surface area (Å²) in [6.07, 6.45) is 2.72. The van der Waals surface area contributed by atoms with Crippen LogP contribution in [-0.2, 0) is 24.4 Å². The van der Waals surface area contributed by atoms with Crippen LogP contribution in [-0.4, -0.2) is 61.9 Å². The molecular formula is C31H32ClFN4O5. The SMILES string of the molecule is C[C@H]1C[C@H](Oc2cccc(COc3ccc(Cl)cc3F)n2)CCN1Cc1nc2ccc(C(=O)O)cc2n1C[C@@H]1CCO1. The van der Waals surface area contributed by atoms with Crippen molar-refractivity contribution in [2.24, 2.45) is 0 Å². The van der Waals surface area contributed by atoms with Gasteiger partial charge in [-0.1, -0.05) is 17.7 Å². The molecule has 0 bridgehead atoms. The number of rotatable bonds is 10. The van der Waals surface area contributed by atoms with Gasteiger partial charge in [-0.25, -0.2) is 19.2 Å². The highest BCUT2D eigenvalue weighted by Crippen LogP contribution is 2.27. The topological polar surface area (TPSA) is 98.9 Å². The molecule has 4 heterocycles. The number of aromatic nitrogens is 3. The second-order valence-corrected chi connectivity index (χ2v) is 11.3. The van der Waals surface area contributed by atoms with E-state index in [1.165, 1.54) is 12.1 Å². The molecule has 0 amide bonds. The van der Waals surface area contributed by atoms with Crippen LogP contribution in [0.1, 0.15) is 48.1 Å². The number of carbonyl (C=O) groups is 1. The minimum absolute atomic E-state index is 0.00561. The Hall–Kier alpha value is -3.73. The maximum atomic E-state index is 14.1. The van der Waals surface area contributed by atoms with Gasteiger partial charge in [0, 0.05) is 30.3 Å². The van der Waals surface area contributed by atoms with E-state index in [4.69, 9.17) is 30.8 Å². The van der Waals surface area contributed by atoms with Crippen molar-refractivity contribution in [1.29, 1.82) is 0 Å². The number of fused-ring (bicyclic) bond motifs is 1. The molecule has 4 aromatic rings. The van der Waals surface area contributed by atoms with Crippen molar-refractivity contribution in [2.45, 2.75) is 64.1 Å². The molecule has 2 saturated heterocycles. The van der Waals surface area contributed by atoms with Crippen LogP contribution in [0.15, 0.2) is 54.6 Å². The molecule has 2 aromatic heterocycles. The second-order valence-electron chi connectivity index (χ2n) is 10.8. The summed E-state index contributed by atoms with van der Waals surface area (Å²) in [6.45, 7) is 5.14. The maximum Gasteiger partial charge on any atom is 0.335 e. The van der Waals surface area contributed by atoms with E-state index in [-0.39, 0.29) is 36.2 Å². The number of hydrogen-bond donors (Lipinski definition) is 1. The van der Waals surface area contributed by atoms with Gasteiger partial charge in [0.05, 0.1) is 41.5 Å². The lowest BCUT2D eigenvalue weighted by atomic mass is 10.0. The lowest BCUT2D eigenvalue weighted by molar-refractivity contribution is -0.0593. The first kappa shape index (κ1) is 28.4. The van der Waals surface area contributed by atoms with Gasteiger partial charge >= 0.3 is 5.97 Å². The number of carboxylic acid groups (broad SMARTS) is 1. The second kappa shape index (κ2) is 12.2. The fraction of sp³-hybridized carbons (Fsp3) is 0.387. The van der Waals surface area contributed by atoms with E-state index in [1.807, 2.05) is 18.2 Å². The van der Waals surface area contributed by atoms with Crippen molar-refractivity contribution in [3.63, 3.8) is 0 Å². The molecule has 0 spiro atoms. The molecule has 2 fully saturated rings. The van der Waals surface area contributed by atoms with E-state index in [0.717, 1.165) is 49.3 Å². The molecule has 2 aliphatic heterocycles. The van der Waals surface area contributed by atoms with Crippen LogP contribution < -0.4 is 9.47 Å². The highest BCUT2D eigenvalue weighted by atomic mass is 35.5. The fourth-order valence-corrected chi connectivity index (χ4v) is 5.64. The Morgan fingerprint density at radius 1 is 1.17 bits per heavy atom. The standard InChI is InChI=1S/C31H32ClFN4O5/c1-19-13-23(42-30-4-2-3-22(34-30)18-41-28-8-6-21(32)15-25(28)33)9-11-36(19)17-29-35-26-7-5-20(31(38)39)14-27(26)37(29)16-24-10-12-40-24/h2-8,14-15,19,23-24H,9-13,16-18H2,1H3,(H,38,39)/t19-,23+,24-/m0/s1. The van der Waals surface area contributed by atoms with E-state index in [2.05, 4.69) is 21.4 Å². The third-order valence-electron chi connectivity index (χ3n) is 7.90. The zero-order chi connectivity index (χ0) is 29.2. The Morgan fingerprint density at radius 2 is 2.02 bits per heavy atom. The van der Waals surface area contributed by atoms with E-state index >= 15 is 0 Å². The largest absolute Gasteiger partial charge is 0.484 e. The number of pyridine rings is 1. The molecule has 9 nitrogen and oxygen atoms in total. The van der Waals surface area contributed by atoms with Crippen LogP contribution >= 0.6 is 11.6 Å². The molecule has 0 aliphatic carbocycles. The number of ether oxygens (including phenoxy) is 3. The number of benzene rings is 2. The molecule has 1 N–H and O–H groups in total. The summed E-state index contributed by atoms with van der Waals surface area (Å²) < 4.78 is 33.7. The van der Waals surface area contributed by atoms with Gasteiger partial charge in [0.1, 0.15) is 18.5 Å². The minimum atomic E-state index is -0.954. The van der Waals surface area contributed by atoms with Crippen LogP contribution in [0.25, 0.3) is 11.0 Å². The molecule has 3 atom stereocenters. The van der Waals surface area contributed by atoms with Gasteiger partial charge < -0.3 is 23.9 Å². The molecule has 11 heteroatoms. The first-order chi connectivity index (χ1) is 20.3. The predicted octanol–water partition coefficient (Wildman–Crippen LogP) is 5.72. The fourth-order valence-electron chi connectivity index (χ4n) is 5.48. The number of nitrogens with zero attached hydrogens (tertiary/aromatic N) is 4. The summed E-state index contributed by atoms with van der Waals surface area (Å²) >= 11 is 5.82. The highest BCUT2D eigenvalue weighted by molar-refractivity contribution is 6.30. The Bertz CT molecular complexity index is 1590. The lowest BCUT2D eigenvalue weighted by Crippen LogP contribution is -2.44. The number of halogens is 2. The number of hydrogen-bond acceptors (Lipinski definition) is 7. The maximum absolute atomic E-state index is 14.1. The number of carboxylic acids is 1. The smallest absolute Gasteiger partial charge is 0.335 e. The molecule has 0 unspecified atom stereocenters. The third-order valence-corrected chi connectivity index (χ3v) is 8.14.